The van der Waals surface area contributed by atoms with Crippen LogP contribution in [0.25, 0.3) is 0 Å². The summed E-state index contributed by atoms with van der Waals surface area (Å²) in [6, 6.07) is 12.3. The molecule has 3 N–H and O–H groups in total. The van der Waals surface area contributed by atoms with Gasteiger partial charge in [-0.1, -0.05) is 19.1 Å². The highest BCUT2D eigenvalue weighted by atomic mass is 19.1. The first-order chi connectivity index (χ1) is 10.2. The Morgan fingerprint density at radius 2 is 2.05 bits per heavy atom. The van der Waals surface area contributed by atoms with Crippen LogP contribution in [0.4, 0.5) is 15.8 Å². The molecule has 3 nitrogen and oxygen atoms in total. The maximum absolute atomic E-state index is 13.1. The van der Waals surface area contributed by atoms with Crippen LogP contribution in [0.1, 0.15) is 18.9 Å². The molecule has 0 saturated carbocycles. The van der Waals surface area contributed by atoms with Crippen LogP contribution in [-0.4, -0.2) is 13.2 Å². The molecule has 0 amide bonds. The molecule has 0 unspecified atom stereocenters. The van der Waals surface area contributed by atoms with Gasteiger partial charge in [0, 0.05) is 30.1 Å². The molecule has 0 bridgehead atoms. The highest BCUT2D eigenvalue weighted by Crippen LogP contribution is 2.22. The van der Waals surface area contributed by atoms with Gasteiger partial charge in [-0.3, -0.25) is 0 Å². The Balaban J connectivity index is 1.91. The lowest BCUT2D eigenvalue weighted by atomic mass is 10.1. The van der Waals surface area contributed by atoms with Crippen LogP contribution >= 0.6 is 0 Å². The van der Waals surface area contributed by atoms with E-state index in [2.05, 4.69) is 12.2 Å². The van der Waals surface area contributed by atoms with Gasteiger partial charge >= 0.3 is 0 Å². The average molecular weight is 288 g/mol. The summed E-state index contributed by atoms with van der Waals surface area (Å²) in [4.78, 5) is 0. The summed E-state index contributed by atoms with van der Waals surface area (Å²) in [5.74, 6) is 0.566. The van der Waals surface area contributed by atoms with Gasteiger partial charge in [0.15, 0.2) is 0 Å². The first kappa shape index (κ1) is 15.2. The second kappa shape index (κ2) is 7.53. The summed E-state index contributed by atoms with van der Waals surface area (Å²) >= 11 is 0. The third-order valence-electron chi connectivity index (χ3n) is 3.03. The molecule has 2 aromatic rings. The molecule has 4 heteroatoms. The van der Waals surface area contributed by atoms with Crippen LogP contribution < -0.4 is 15.8 Å². The lowest BCUT2D eigenvalue weighted by Gasteiger charge is -2.11. The minimum absolute atomic E-state index is 0.202. The van der Waals surface area contributed by atoms with Crippen molar-refractivity contribution in [2.45, 2.75) is 19.8 Å². The van der Waals surface area contributed by atoms with E-state index in [1.54, 1.807) is 12.1 Å². The lowest BCUT2D eigenvalue weighted by Crippen LogP contribution is -2.06. The maximum Gasteiger partial charge on any atom is 0.123 e. The van der Waals surface area contributed by atoms with Crippen molar-refractivity contribution >= 4 is 11.4 Å². The summed E-state index contributed by atoms with van der Waals surface area (Å²) in [6.07, 6.45) is 1.70. The molecular formula is C17H21FN2O. The number of hydrogen-bond donors (Lipinski definition) is 2. The molecule has 0 aromatic heterocycles. The summed E-state index contributed by atoms with van der Waals surface area (Å²) in [6.45, 7) is 3.44. The van der Waals surface area contributed by atoms with Crippen LogP contribution in [0, 0.1) is 5.82 Å². The van der Waals surface area contributed by atoms with Gasteiger partial charge < -0.3 is 15.8 Å². The van der Waals surface area contributed by atoms with Gasteiger partial charge in [0.05, 0.1) is 6.61 Å². The number of rotatable bonds is 7. The fourth-order valence-corrected chi connectivity index (χ4v) is 2.07. The normalized spacial score (nSPS) is 10.4. The molecule has 2 rings (SSSR count). The molecular weight excluding hydrogens is 267 g/mol. The smallest absolute Gasteiger partial charge is 0.123 e. The van der Waals surface area contributed by atoms with Crippen molar-refractivity contribution in [1.29, 1.82) is 0 Å². The van der Waals surface area contributed by atoms with Crippen molar-refractivity contribution in [3.05, 3.63) is 53.8 Å². The zero-order valence-corrected chi connectivity index (χ0v) is 12.2. The van der Waals surface area contributed by atoms with Crippen LogP contribution in [-0.2, 0) is 6.42 Å². The zero-order valence-electron chi connectivity index (χ0n) is 12.2. The van der Waals surface area contributed by atoms with Crippen molar-refractivity contribution in [3.8, 4) is 5.75 Å². The molecule has 2 aromatic carbocycles. The van der Waals surface area contributed by atoms with Gasteiger partial charge in [0.25, 0.3) is 0 Å². The number of nitrogen functional groups attached to an aromatic ring is 1. The summed E-state index contributed by atoms with van der Waals surface area (Å²) < 4.78 is 18.7. The van der Waals surface area contributed by atoms with E-state index in [-0.39, 0.29) is 5.82 Å². The number of halogens is 1. The summed E-state index contributed by atoms with van der Waals surface area (Å²) in [5, 5.41) is 3.29. The largest absolute Gasteiger partial charge is 0.493 e. The van der Waals surface area contributed by atoms with Gasteiger partial charge in [-0.05, 0) is 36.6 Å². The quantitative estimate of drug-likeness (QED) is 0.761. The molecule has 0 saturated heterocycles. The third-order valence-corrected chi connectivity index (χ3v) is 3.03. The number of nitrogens with one attached hydrogen (secondary N) is 1. The molecule has 0 spiro atoms. The number of benzene rings is 2. The maximum atomic E-state index is 13.1. The van der Waals surface area contributed by atoms with Gasteiger partial charge in [-0.15, -0.1) is 0 Å². The molecule has 0 aliphatic rings. The third kappa shape index (κ3) is 4.99. The Bertz CT molecular complexity index is 587. The minimum Gasteiger partial charge on any atom is -0.493 e. The van der Waals surface area contributed by atoms with E-state index >= 15 is 0 Å². The van der Waals surface area contributed by atoms with Gasteiger partial charge in [-0.25, -0.2) is 4.39 Å². The predicted octanol–water partition coefficient (Wildman–Crippen LogP) is 3.85. The fourth-order valence-electron chi connectivity index (χ4n) is 2.07. The highest BCUT2D eigenvalue weighted by molar-refractivity contribution is 5.59. The van der Waals surface area contributed by atoms with Crippen LogP contribution in [0.5, 0.6) is 5.75 Å². The zero-order chi connectivity index (χ0) is 15.1. The second-order valence-corrected chi connectivity index (χ2v) is 4.95. The summed E-state index contributed by atoms with van der Waals surface area (Å²) in [7, 11) is 0. The average Bonchev–Trinajstić information content (AvgIpc) is 2.45. The van der Waals surface area contributed by atoms with E-state index < -0.39 is 0 Å². The van der Waals surface area contributed by atoms with Crippen molar-refractivity contribution in [3.63, 3.8) is 0 Å². The molecule has 0 atom stereocenters. The first-order valence-electron chi connectivity index (χ1n) is 7.19. The van der Waals surface area contributed by atoms with Crippen LogP contribution in [0.3, 0.4) is 0 Å². The number of hydrogen-bond acceptors (Lipinski definition) is 3. The van der Waals surface area contributed by atoms with Crippen molar-refractivity contribution in [1.82, 2.24) is 0 Å². The molecule has 112 valence electrons. The van der Waals surface area contributed by atoms with E-state index in [1.165, 1.54) is 6.07 Å². The monoisotopic (exact) mass is 288 g/mol. The predicted molar refractivity (Wildman–Crippen MR) is 85.2 cm³/mol. The number of ether oxygens (including phenoxy) is 1. The standard InChI is InChI=1S/C17H21FN2O/c1-2-8-21-17-11-15(19)10-16(12-17)20-7-6-13-4-3-5-14(18)9-13/h3-5,9-12,20H,2,6-8,19H2,1H3. The van der Waals surface area contributed by atoms with Crippen molar-refractivity contribution < 1.29 is 9.13 Å². The Hall–Kier alpha value is -2.23. The second-order valence-electron chi connectivity index (χ2n) is 4.95. The minimum atomic E-state index is -0.202. The van der Waals surface area contributed by atoms with Gasteiger partial charge in [0.1, 0.15) is 11.6 Å². The molecule has 0 heterocycles. The van der Waals surface area contributed by atoms with Crippen molar-refractivity contribution in [2.75, 3.05) is 24.2 Å². The Kier molecular flexibility index (Phi) is 5.43. The summed E-state index contributed by atoms with van der Waals surface area (Å²) in [5.41, 5.74) is 8.41. The molecule has 21 heavy (non-hydrogen) atoms. The Morgan fingerprint density at radius 1 is 1.19 bits per heavy atom. The van der Waals surface area contributed by atoms with E-state index in [0.29, 0.717) is 18.8 Å². The van der Waals surface area contributed by atoms with Crippen molar-refractivity contribution in [2.24, 2.45) is 0 Å². The van der Waals surface area contributed by atoms with Gasteiger partial charge in [-0.2, -0.15) is 0 Å². The topological polar surface area (TPSA) is 47.3 Å². The lowest BCUT2D eigenvalue weighted by molar-refractivity contribution is 0.318. The molecule has 0 fully saturated rings. The number of anilines is 2. The molecule has 0 aliphatic carbocycles. The number of nitrogens with two attached hydrogens (primary N) is 1. The first-order valence-corrected chi connectivity index (χ1v) is 7.19. The van der Waals surface area contributed by atoms with E-state index in [9.17, 15) is 4.39 Å². The van der Waals surface area contributed by atoms with E-state index in [1.807, 2.05) is 24.3 Å². The van der Waals surface area contributed by atoms with E-state index in [0.717, 1.165) is 29.8 Å². The van der Waals surface area contributed by atoms with Gasteiger partial charge in [0.2, 0.25) is 0 Å². The Labute approximate surface area is 124 Å². The van der Waals surface area contributed by atoms with E-state index in [4.69, 9.17) is 10.5 Å². The SMILES string of the molecule is CCCOc1cc(N)cc(NCCc2cccc(F)c2)c1. The fraction of sp³-hybridized carbons (Fsp3) is 0.294. The molecule has 0 aliphatic heterocycles. The highest BCUT2D eigenvalue weighted by Gasteiger charge is 2.01. The van der Waals surface area contributed by atoms with Crippen LogP contribution in [0.2, 0.25) is 0 Å². The molecule has 0 radical (unpaired) electrons. The Morgan fingerprint density at radius 3 is 2.81 bits per heavy atom. The van der Waals surface area contributed by atoms with Crippen LogP contribution in [0.15, 0.2) is 42.5 Å².